The maximum absolute atomic E-state index is 11.7. The van der Waals surface area contributed by atoms with Crippen LogP contribution < -0.4 is 5.32 Å². The summed E-state index contributed by atoms with van der Waals surface area (Å²) in [6, 6.07) is 4.42. The number of urea groups is 1. The number of nitrogens with zero attached hydrogens (tertiary/aromatic N) is 3. The Morgan fingerprint density at radius 3 is 2.59 bits per heavy atom. The minimum absolute atomic E-state index is 0.0789. The van der Waals surface area contributed by atoms with Gasteiger partial charge in [0.2, 0.25) is 0 Å². The number of aromatic nitrogens is 1. The Morgan fingerprint density at radius 1 is 1.23 bits per heavy atom. The molecule has 122 valence electrons. The van der Waals surface area contributed by atoms with Gasteiger partial charge in [0.05, 0.1) is 0 Å². The summed E-state index contributed by atoms with van der Waals surface area (Å²) in [5.74, 6) is 1.60. The quantitative estimate of drug-likeness (QED) is 0.926. The zero-order valence-electron chi connectivity index (χ0n) is 13.8. The number of carbonyl (C=O) groups is 1. The Morgan fingerprint density at radius 2 is 1.95 bits per heavy atom. The highest BCUT2D eigenvalue weighted by Crippen LogP contribution is 2.32. The monoisotopic (exact) mass is 304 g/mol. The minimum atomic E-state index is 0.0789. The summed E-state index contributed by atoms with van der Waals surface area (Å²) in [5.41, 5.74) is 1.40. The van der Waals surface area contributed by atoms with Gasteiger partial charge in [-0.1, -0.05) is 0 Å². The van der Waals surface area contributed by atoms with Crippen molar-refractivity contribution in [3.63, 3.8) is 0 Å². The summed E-state index contributed by atoms with van der Waals surface area (Å²) in [6.45, 7) is 5.33. The molecular formula is C17H28N4O. The molecule has 0 bridgehead atoms. The van der Waals surface area contributed by atoms with Gasteiger partial charge in [0, 0.05) is 52.2 Å². The minimum Gasteiger partial charge on any atom is -0.353 e. The third kappa shape index (κ3) is 3.29. The molecule has 3 rings (SSSR count). The molecular weight excluding hydrogens is 276 g/mol. The first-order valence-corrected chi connectivity index (χ1v) is 8.46. The highest BCUT2D eigenvalue weighted by atomic mass is 16.2. The molecule has 0 aliphatic carbocycles. The first-order valence-electron chi connectivity index (χ1n) is 8.46. The summed E-state index contributed by atoms with van der Waals surface area (Å²) in [4.78, 5) is 16.2. The van der Waals surface area contributed by atoms with Crippen LogP contribution in [0.5, 0.6) is 0 Å². The molecule has 1 unspecified atom stereocenters. The average Bonchev–Trinajstić information content (AvgIpc) is 3.17. The van der Waals surface area contributed by atoms with E-state index in [1.165, 1.54) is 25.2 Å². The van der Waals surface area contributed by atoms with E-state index in [-0.39, 0.29) is 6.03 Å². The highest BCUT2D eigenvalue weighted by molar-refractivity contribution is 5.73. The summed E-state index contributed by atoms with van der Waals surface area (Å²) in [5, 5.41) is 2.73. The zero-order chi connectivity index (χ0) is 15.5. The summed E-state index contributed by atoms with van der Waals surface area (Å²) in [6.07, 6.45) is 5.76. The number of rotatable bonds is 3. The average molecular weight is 304 g/mol. The number of hydrogen-bond acceptors (Lipinski definition) is 2. The Bertz CT molecular complexity index is 505. The second-order valence-corrected chi connectivity index (χ2v) is 6.77. The molecule has 5 heteroatoms. The lowest BCUT2D eigenvalue weighted by Gasteiger charge is -2.34. The SMILES string of the molecule is CNC(=O)N1CCC(C2CCN(Cc3cccn3C)C2)CC1. The van der Waals surface area contributed by atoms with Crippen LogP contribution in [0.1, 0.15) is 25.0 Å². The van der Waals surface area contributed by atoms with E-state index < -0.39 is 0 Å². The van der Waals surface area contributed by atoms with Crippen LogP contribution in [0, 0.1) is 11.8 Å². The number of likely N-dealkylation sites (tertiary alicyclic amines) is 2. The Kier molecular flexibility index (Phi) is 4.71. The van der Waals surface area contributed by atoms with E-state index in [1.807, 2.05) is 4.90 Å². The van der Waals surface area contributed by atoms with Crippen LogP contribution in [0.4, 0.5) is 4.79 Å². The molecule has 2 fully saturated rings. The predicted molar refractivity (Wildman–Crippen MR) is 87.5 cm³/mol. The first-order chi connectivity index (χ1) is 10.7. The third-order valence-corrected chi connectivity index (χ3v) is 5.45. The van der Waals surface area contributed by atoms with E-state index in [9.17, 15) is 4.79 Å². The Labute approximate surface area is 133 Å². The van der Waals surface area contributed by atoms with Crippen molar-refractivity contribution < 1.29 is 4.79 Å². The van der Waals surface area contributed by atoms with E-state index in [1.54, 1.807) is 7.05 Å². The Balaban J connectivity index is 1.47. The van der Waals surface area contributed by atoms with E-state index >= 15 is 0 Å². The van der Waals surface area contributed by atoms with Crippen LogP contribution in [0.2, 0.25) is 0 Å². The van der Waals surface area contributed by atoms with Crippen molar-refractivity contribution in [2.24, 2.45) is 18.9 Å². The highest BCUT2D eigenvalue weighted by Gasteiger charge is 2.32. The van der Waals surface area contributed by atoms with Crippen LogP contribution in [-0.2, 0) is 13.6 Å². The third-order valence-electron chi connectivity index (χ3n) is 5.45. The van der Waals surface area contributed by atoms with Gasteiger partial charge in [-0.15, -0.1) is 0 Å². The van der Waals surface area contributed by atoms with Crippen molar-refractivity contribution in [2.45, 2.75) is 25.8 Å². The van der Waals surface area contributed by atoms with Crippen LogP contribution in [0.15, 0.2) is 18.3 Å². The van der Waals surface area contributed by atoms with Crippen LogP contribution >= 0.6 is 0 Å². The van der Waals surface area contributed by atoms with Gasteiger partial charge < -0.3 is 14.8 Å². The van der Waals surface area contributed by atoms with Crippen LogP contribution in [-0.4, -0.2) is 53.6 Å². The maximum Gasteiger partial charge on any atom is 0.317 e. The molecule has 22 heavy (non-hydrogen) atoms. The lowest BCUT2D eigenvalue weighted by atomic mass is 9.84. The van der Waals surface area contributed by atoms with E-state index in [2.05, 4.69) is 40.2 Å². The van der Waals surface area contributed by atoms with Crippen LogP contribution in [0.3, 0.4) is 0 Å². The predicted octanol–water partition coefficient (Wildman–Crippen LogP) is 1.90. The van der Waals surface area contributed by atoms with E-state index in [0.717, 1.165) is 44.3 Å². The molecule has 2 aliphatic rings. The Hall–Kier alpha value is -1.49. The summed E-state index contributed by atoms with van der Waals surface area (Å²) >= 11 is 0. The molecule has 0 aromatic carbocycles. The van der Waals surface area contributed by atoms with Gasteiger partial charge in [-0.3, -0.25) is 4.90 Å². The number of piperidine rings is 1. The fourth-order valence-corrected chi connectivity index (χ4v) is 4.01. The van der Waals surface area contributed by atoms with Gasteiger partial charge in [-0.25, -0.2) is 4.79 Å². The topological polar surface area (TPSA) is 40.5 Å². The van der Waals surface area contributed by atoms with Gasteiger partial charge in [-0.2, -0.15) is 0 Å². The zero-order valence-corrected chi connectivity index (χ0v) is 13.8. The van der Waals surface area contributed by atoms with Gasteiger partial charge in [-0.05, 0) is 49.8 Å². The molecule has 0 saturated carbocycles. The van der Waals surface area contributed by atoms with E-state index in [0.29, 0.717) is 0 Å². The molecule has 3 heterocycles. The van der Waals surface area contributed by atoms with Crippen molar-refractivity contribution in [2.75, 3.05) is 33.2 Å². The van der Waals surface area contributed by atoms with Gasteiger partial charge >= 0.3 is 6.03 Å². The van der Waals surface area contributed by atoms with Crippen molar-refractivity contribution in [3.05, 3.63) is 24.0 Å². The first kappa shape index (κ1) is 15.4. The number of hydrogen-bond donors (Lipinski definition) is 1. The second-order valence-electron chi connectivity index (χ2n) is 6.77. The fraction of sp³-hybridized carbons (Fsp3) is 0.706. The summed E-state index contributed by atoms with van der Waals surface area (Å²) < 4.78 is 2.22. The maximum atomic E-state index is 11.7. The van der Waals surface area contributed by atoms with Crippen molar-refractivity contribution in [3.8, 4) is 0 Å². The number of aryl methyl sites for hydroxylation is 1. The molecule has 1 atom stereocenters. The lowest BCUT2D eigenvalue weighted by Crippen LogP contribution is -2.44. The molecule has 2 amide bonds. The molecule has 5 nitrogen and oxygen atoms in total. The molecule has 2 saturated heterocycles. The summed E-state index contributed by atoms with van der Waals surface area (Å²) in [7, 11) is 3.84. The number of amides is 2. The standard InChI is InChI=1S/C17H28N4O/c1-18-17(22)21-10-6-14(7-11-21)15-5-9-20(12-15)13-16-4-3-8-19(16)2/h3-4,8,14-15H,5-7,9-13H2,1-2H3,(H,18,22). The van der Waals surface area contributed by atoms with E-state index in [4.69, 9.17) is 0 Å². The van der Waals surface area contributed by atoms with Crippen molar-refractivity contribution in [1.29, 1.82) is 0 Å². The number of carbonyl (C=O) groups excluding carboxylic acids is 1. The largest absolute Gasteiger partial charge is 0.353 e. The normalized spacial score (nSPS) is 23.9. The van der Waals surface area contributed by atoms with Crippen LogP contribution in [0.25, 0.3) is 0 Å². The molecule has 0 radical (unpaired) electrons. The van der Waals surface area contributed by atoms with Crippen molar-refractivity contribution in [1.82, 2.24) is 19.7 Å². The molecule has 1 aromatic rings. The van der Waals surface area contributed by atoms with Gasteiger partial charge in [0.25, 0.3) is 0 Å². The molecule has 2 aliphatic heterocycles. The molecule has 0 spiro atoms. The lowest BCUT2D eigenvalue weighted by molar-refractivity contribution is 0.150. The second kappa shape index (κ2) is 6.73. The fourth-order valence-electron chi connectivity index (χ4n) is 4.01. The number of nitrogens with one attached hydrogen (secondary N) is 1. The molecule has 1 aromatic heterocycles. The smallest absolute Gasteiger partial charge is 0.317 e. The van der Waals surface area contributed by atoms with Gasteiger partial charge in [0.15, 0.2) is 0 Å². The van der Waals surface area contributed by atoms with Gasteiger partial charge in [0.1, 0.15) is 0 Å². The van der Waals surface area contributed by atoms with Crippen molar-refractivity contribution >= 4 is 6.03 Å². The molecule has 1 N–H and O–H groups in total.